The molecule has 0 aliphatic heterocycles. The predicted octanol–water partition coefficient (Wildman–Crippen LogP) is 2.70. The van der Waals surface area contributed by atoms with Gasteiger partial charge in [-0.1, -0.05) is 0 Å². The first kappa shape index (κ1) is 14.1. The second-order valence-electron chi connectivity index (χ2n) is 3.16. The molecule has 0 aliphatic rings. The van der Waals surface area contributed by atoms with Crippen molar-refractivity contribution in [3.63, 3.8) is 0 Å². The van der Waals surface area contributed by atoms with Crippen LogP contribution in [-0.2, 0) is 6.18 Å². The molecule has 0 spiro atoms. The van der Waals surface area contributed by atoms with Gasteiger partial charge in [0.05, 0.1) is 5.56 Å². The lowest BCUT2D eigenvalue weighted by Gasteiger charge is -2.13. The predicted molar refractivity (Wildman–Crippen MR) is 46.6 cm³/mol. The number of carbonyl (C=O) groups excluding carboxylic acids is 1. The zero-order chi connectivity index (χ0) is 14.1. The molecule has 0 fully saturated rings. The summed E-state index contributed by atoms with van der Waals surface area (Å²) in [6.07, 6.45) is -10.1. The molecule has 0 heterocycles. The van der Waals surface area contributed by atoms with Gasteiger partial charge in [-0.15, -0.1) is 13.2 Å². The number of carbonyl (C=O) groups is 1. The van der Waals surface area contributed by atoms with Crippen molar-refractivity contribution < 1.29 is 35.9 Å². The summed E-state index contributed by atoms with van der Waals surface area (Å²) in [5.41, 5.74) is 2.52. The molecule has 3 nitrogen and oxygen atoms in total. The molecular weight excluding hydrogens is 268 g/mol. The van der Waals surface area contributed by atoms with E-state index in [0.29, 0.717) is 12.1 Å². The molecule has 0 bridgehead atoms. The Morgan fingerprint density at radius 3 is 2.00 bits per heavy atom. The van der Waals surface area contributed by atoms with Crippen molar-refractivity contribution in [2.75, 3.05) is 0 Å². The van der Waals surface area contributed by atoms with Crippen LogP contribution in [-0.4, -0.2) is 12.3 Å². The molecule has 0 unspecified atom stereocenters. The van der Waals surface area contributed by atoms with E-state index in [0.717, 1.165) is 0 Å². The van der Waals surface area contributed by atoms with Crippen molar-refractivity contribution in [3.8, 4) is 5.75 Å². The maximum absolute atomic E-state index is 12.4. The van der Waals surface area contributed by atoms with Crippen molar-refractivity contribution in [1.82, 2.24) is 0 Å². The second kappa shape index (κ2) is 4.39. The fourth-order valence-electron chi connectivity index (χ4n) is 1.10. The minimum absolute atomic E-state index is 0.125. The second-order valence-corrected chi connectivity index (χ2v) is 3.16. The summed E-state index contributed by atoms with van der Waals surface area (Å²) in [5, 5.41) is 0. The van der Waals surface area contributed by atoms with Crippen LogP contribution in [0.3, 0.4) is 0 Å². The SMILES string of the molecule is NC(=O)c1cc(OC(F)(F)F)cc(C(F)(F)F)c1. The Bertz CT molecular complexity index is 465. The van der Waals surface area contributed by atoms with Gasteiger partial charge < -0.3 is 10.5 Å². The van der Waals surface area contributed by atoms with Gasteiger partial charge in [-0.25, -0.2) is 0 Å². The normalized spacial score (nSPS) is 12.3. The number of rotatable bonds is 2. The number of amides is 1. The molecule has 1 aromatic carbocycles. The molecular formula is C9H5F6NO2. The fraction of sp³-hybridized carbons (Fsp3) is 0.222. The van der Waals surface area contributed by atoms with Crippen molar-refractivity contribution in [2.24, 2.45) is 5.73 Å². The molecule has 1 amide bonds. The van der Waals surface area contributed by atoms with E-state index < -0.39 is 35.3 Å². The lowest BCUT2D eigenvalue weighted by molar-refractivity contribution is -0.274. The zero-order valence-electron chi connectivity index (χ0n) is 8.39. The number of hydrogen-bond donors (Lipinski definition) is 1. The third kappa shape index (κ3) is 3.82. The number of hydrogen-bond acceptors (Lipinski definition) is 2. The highest BCUT2D eigenvalue weighted by atomic mass is 19.4. The van der Waals surface area contributed by atoms with E-state index in [1.165, 1.54) is 0 Å². The minimum atomic E-state index is -5.17. The molecule has 9 heteroatoms. The van der Waals surface area contributed by atoms with Gasteiger partial charge in [0.1, 0.15) is 5.75 Å². The topological polar surface area (TPSA) is 52.3 Å². The van der Waals surface area contributed by atoms with E-state index in [1.54, 1.807) is 0 Å². The van der Waals surface area contributed by atoms with Crippen LogP contribution in [0.4, 0.5) is 26.3 Å². The van der Waals surface area contributed by atoms with Gasteiger partial charge in [0.25, 0.3) is 0 Å². The summed E-state index contributed by atoms with van der Waals surface area (Å²) in [7, 11) is 0. The smallest absolute Gasteiger partial charge is 0.406 e. The number of halogens is 6. The Morgan fingerprint density at radius 2 is 1.61 bits per heavy atom. The van der Waals surface area contributed by atoms with Gasteiger partial charge >= 0.3 is 12.5 Å². The van der Waals surface area contributed by atoms with Crippen LogP contribution in [0.5, 0.6) is 5.75 Å². The van der Waals surface area contributed by atoms with Crippen molar-refractivity contribution in [2.45, 2.75) is 12.5 Å². The minimum Gasteiger partial charge on any atom is -0.406 e. The van der Waals surface area contributed by atoms with E-state index in [9.17, 15) is 31.1 Å². The van der Waals surface area contributed by atoms with Crippen LogP contribution in [0.1, 0.15) is 15.9 Å². The van der Waals surface area contributed by atoms with E-state index >= 15 is 0 Å². The molecule has 0 aliphatic carbocycles. The first-order valence-electron chi connectivity index (χ1n) is 4.27. The van der Waals surface area contributed by atoms with Gasteiger partial charge in [-0.05, 0) is 18.2 Å². The molecule has 18 heavy (non-hydrogen) atoms. The number of primary amides is 1. The molecule has 100 valence electrons. The monoisotopic (exact) mass is 273 g/mol. The Kier molecular flexibility index (Phi) is 3.45. The third-order valence-corrected chi connectivity index (χ3v) is 1.75. The molecule has 0 radical (unpaired) electrons. The summed E-state index contributed by atoms with van der Waals surface area (Å²) in [5.74, 6) is -2.46. The number of ether oxygens (including phenoxy) is 1. The van der Waals surface area contributed by atoms with Crippen LogP contribution in [0.25, 0.3) is 0 Å². The summed E-state index contributed by atoms with van der Waals surface area (Å²) in [6, 6.07) is 0.941. The molecule has 1 rings (SSSR count). The molecule has 0 saturated heterocycles. The van der Waals surface area contributed by atoms with Crippen LogP contribution in [0.2, 0.25) is 0 Å². The first-order chi connectivity index (χ1) is 7.99. The quantitative estimate of drug-likeness (QED) is 0.842. The first-order valence-corrected chi connectivity index (χ1v) is 4.27. The van der Waals surface area contributed by atoms with E-state index in [1.807, 2.05) is 0 Å². The maximum atomic E-state index is 12.4. The zero-order valence-corrected chi connectivity index (χ0v) is 8.39. The summed E-state index contributed by atoms with van der Waals surface area (Å²) < 4.78 is 76.0. The standard InChI is InChI=1S/C9H5F6NO2/c10-8(11,12)5-1-4(7(16)17)2-6(3-5)18-9(13,14)15/h1-3H,(H2,16,17). The number of nitrogens with two attached hydrogens (primary N) is 1. The number of benzene rings is 1. The molecule has 0 atom stereocenters. The summed E-state index contributed by atoms with van der Waals surface area (Å²) in [6.45, 7) is 0. The van der Waals surface area contributed by atoms with Gasteiger partial charge in [-0.2, -0.15) is 13.2 Å². The molecule has 1 aromatic rings. The van der Waals surface area contributed by atoms with Gasteiger partial charge in [0.15, 0.2) is 0 Å². The summed E-state index contributed by atoms with van der Waals surface area (Å²) >= 11 is 0. The van der Waals surface area contributed by atoms with Crippen molar-refractivity contribution >= 4 is 5.91 Å². The van der Waals surface area contributed by atoms with Crippen molar-refractivity contribution in [3.05, 3.63) is 29.3 Å². The van der Waals surface area contributed by atoms with Crippen LogP contribution in [0, 0.1) is 0 Å². The van der Waals surface area contributed by atoms with Gasteiger partial charge in [0, 0.05) is 5.56 Å². The maximum Gasteiger partial charge on any atom is 0.573 e. The molecule has 2 N–H and O–H groups in total. The average molecular weight is 273 g/mol. The highest BCUT2D eigenvalue weighted by Crippen LogP contribution is 2.34. The third-order valence-electron chi connectivity index (χ3n) is 1.75. The lowest BCUT2D eigenvalue weighted by Crippen LogP contribution is -2.19. The lowest BCUT2D eigenvalue weighted by atomic mass is 10.1. The fourth-order valence-corrected chi connectivity index (χ4v) is 1.10. The van der Waals surface area contributed by atoms with Gasteiger partial charge in [-0.3, -0.25) is 4.79 Å². The van der Waals surface area contributed by atoms with E-state index in [2.05, 4.69) is 4.74 Å². The Morgan fingerprint density at radius 1 is 1.06 bits per heavy atom. The Balaban J connectivity index is 3.27. The molecule has 0 aromatic heterocycles. The summed E-state index contributed by atoms with van der Waals surface area (Å²) in [4.78, 5) is 10.7. The molecule has 0 saturated carbocycles. The highest BCUT2D eigenvalue weighted by Gasteiger charge is 2.35. The Labute approximate surface area is 96.1 Å². The van der Waals surface area contributed by atoms with E-state index in [4.69, 9.17) is 5.73 Å². The van der Waals surface area contributed by atoms with Crippen molar-refractivity contribution in [1.29, 1.82) is 0 Å². The van der Waals surface area contributed by atoms with Crippen LogP contribution in [0.15, 0.2) is 18.2 Å². The Hall–Kier alpha value is -1.93. The number of alkyl halides is 6. The van der Waals surface area contributed by atoms with Crippen LogP contribution < -0.4 is 10.5 Å². The largest absolute Gasteiger partial charge is 0.573 e. The van der Waals surface area contributed by atoms with Crippen LogP contribution >= 0.6 is 0 Å². The van der Waals surface area contributed by atoms with Gasteiger partial charge in [0.2, 0.25) is 5.91 Å². The van der Waals surface area contributed by atoms with E-state index in [-0.39, 0.29) is 6.07 Å². The average Bonchev–Trinajstić information content (AvgIpc) is 2.12. The highest BCUT2D eigenvalue weighted by molar-refractivity contribution is 5.93.